The van der Waals surface area contributed by atoms with E-state index in [1.54, 1.807) is 0 Å². The van der Waals surface area contributed by atoms with Crippen LogP contribution in [0, 0.1) is 0 Å². The van der Waals surface area contributed by atoms with E-state index in [0.717, 1.165) is 25.5 Å². The van der Waals surface area contributed by atoms with Crippen molar-refractivity contribution in [2.45, 2.75) is 12.5 Å². The van der Waals surface area contributed by atoms with E-state index in [4.69, 9.17) is 5.73 Å². The highest BCUT2D eigenvalue weighted by Crippen LogP contribution is 2.29. The van der Waals surface area contributed by atoms with Gasteiger partial charge in [-0.25, -0.2) is 0 Å². The minimum atomic E-state index is -0.658. The first-order chi connectivity index (χ1) is 8.52. The second-order valence-electron chi connectivity index (χ2n) is 3.94. The first-order valence-corrected chi connectivity index (χ1v) is 6.90. The molecule has 0 bridgehead atoms. The van der Waals surface area contributed by atoms with Gasteiger partial charge in [0.1, 0.15) is 6.04 Å². The van der Waals surface area contributed by atoms with Gasteiger partial charge >= 0.3 is 5.97 Å². The Morgan fingerprint density at radius 1 is 1.47 bits per heavy atom. The van der Waals surface area contributed by atoms with Crippen molar-refractivity contribution in [2.24, 2.45) is 5.73 Å². The summed E-state index contributed by atoms with van der Waals surface area (Å²) in [5.41, 5.74) is 7.76. The van der Waals surface area contributed by atoms with Gasteiger partial charge in [-0.05, 0) is 33.6 Å². The molecule has 1 atom stereocenters. The van der Waals surface area contributed by atoms with Crippen LogP contribution in [0.15, 0.2) is 27.3 Å². The van der Waals surface area contributed by atoms with Crippen molar-refractivity contribution in [1.82, 2.24) is 4.98 Å². The zero-order valence-corrected chi connectivity index (χ0v) is 15.0. The minimum Gasteiger partial charge on any atom is -0.468 e. The van der Waals surface area contributed by atoms with Crippen LogP contribution in [0.25, 0.3) is 10.9 Å². The highest BCUT2D eigenvalue weighted by atomic mass is 79.9. The van der Waals surface area contributed by atoms with Gasteiger partial charge in [-0.15, -0.1) is 17.0 Å². The Kier molecular flexibility index (Phi) is 6.04. The van der Waals surface area contributed by atoms with E-state index >= 15 is 0 Å². The Morgan fingerprint density at radius 2 is 2.16 bits per heavy atom. The van der Waals surface area contributed by atoms with Gasteiger partial charge in [0.05, 0.1) is 11.7 Å². The molecule has 0 saturated carbocycles. The molecular weight excluding hydrogens is 444 g/mol. The first-order valence-electron chi connectivity index (χ1n) is 5.32. The molecule has 0 radical (unpaired) electrons. The number of H-pyrrole nitrogens is 1. The smallest absolute Gasteiger partial charge is 0.322 e. The largest absolute Gasteiger partial charge is 0.468 e. The van der Waals surface area contributed by atoms with Crippen LogP contribution in [0.4, 0.5) is 0 Å². The summed E-state index contributed by atoms with van der Waals surface area (Å²) in [6.07, 6.45) is 0.425. The molecule has 1 aromatic carbocycles. The molecule has 0 amide bonds. The number of aromatic nitrogens is 1. The van der Waals surface area contributed by atoms with Crippen LogP contribution >= 0.6 is 48.8 Å². The maximum absolute atomic E-state index is 11.4. The number of methoxy groups -OCH3 is 1. The molecule has 7 heteroatoms. The van der Waals surface area contributed by atoms with E-state index in [1.807, 2.05) is 18.2 Å². The van der Waals surface area contributed by atoms with E-state index in [0.29, 0.717) is 6.42 Å². The number of rotatable bonds is 3. The maximum Gasteiger partial charge on any atom is 0.322 e. The molecule has 19 heavy (non-hydrogen) atoms. The Bertz CT molecular complexity index is 598. The number of nitrogens with two attached hydrogens (primary N) is 1. The standard InChI is InChI=1S/C12H12Br2N2O2.BrH/c1-18-12(17)9(15)5-8-7-3-2-6(13)4-10(7)16-11(8)14;/h2-4,9,16H,5,15H2,1H3;1H/t9-;/m0./s1. The number of carbonyl (C=O) groups is 1. The quantitative estimate of drug-likeness (QED) is 0.696. The van der Waals surface area contributed by atoms with E-state index in [2.05, 4.69) is 41.6 Å². The van der Waals surface area contributed by atoms with Crippen molar-refractivity contribution in [3.63, 3.8) is 0 Å². The van der Waals surface area contributed by atoms with E-state index in [1.165, 1.54) is 7.11 Å². The number of ether oxygens (including phenoxy) is 1. The number of benzene rings is 1. The molecule has 4 nitrogen and oxygen atoms in total. The van der Waals surface area contributed by atoms with Crippen LogP contribution in [0.1, 0.15) is 5.56 Å². The van der Waals surface area contributed by atoms with Gasteiger partial charge in [0.2, 0.25) is 0 Å². The number of nitrogens with one attached hydrogen (secondary N) is 1. The summed E-state index contributed by atoms with van der Waals surface area (Å²) < 4.78 is 6.47. The van der Waals surface area contributed by atoms with Gasteiger partial charge in [-0.3, -0.25) is 4.79 Å². The van der Waals surface area contributed by atoms with Crippen LogP contribution in [0.3, 0.4) is 0 Å². The zero-order valence-electron chi connectivity index (χ0n) is 10.1. The second-order valence-corrected chi connectivity index (χ2v) is 5.65. The number of hydrogen-bond acceptors (Lipinski definition) is 3. The van der Waals surface area contributed by atoms with Crippen LogP contribution in [0.5, 0.6) is 0 Å². The number of hydrogen-bond donors (Lipinski definition) is 2. The Hall–Kier alpha value is -0.370. The molecule has 0 spiro atoms. The van der Waals surface area contributed by atoms with Crippen LogP contribution in [-0.4, -0.2) is 24.1 Å². The third-order valence-electron chi connectivity index (χ3n) is 2.74. The SMILES string of the molecule is Br.COC(=O)[C@@H](N)Cc1c(Br)[nH]c2cc(Br)ccc12. The average Bonchev–Trinajstić information content (AvgIpc) is 2.64. The van der Waals surface area contributed by atoms with Gasteiger partial charge in [0, 0.05) is 21.8 Å². The molecule has 0 aliphatic carbocycles. The van der Waals surface area contributed by atoms with Crippen LogP contribution in [-0.2, 0) is 16.0 Å². The summed E-state index contributed by atoms with van der Waals surface area (Å²) >= 11 is 6.87. The van der Waals surface area contributed by atoms with E-state index < -0.39 is 12.0 Å². The fourth-order valence-electron chi connectivity index (χ4n) is 1.85. The lowest BCUT2D eigenvalue weighted by Gasteiger charge is -2.08. The molecule has 0 fully saturated rings. The van der Waals surface area contributed by atoms with Crippen molar-refractivity contribution in [3.05, 3.63) is 32.8 Å². The highest BCUT2D eigenvalue weighted by molar-refractivity contribution is 9.10. The molecule has 1 aromatic heterocycles. The zero-order chi connectivity index (χ0) is 13.3. The Labute approximate surface area is 138 Å². The fourth-order valence-corrected chi connectivity index (χ4v) is 2.80. The summed E-state index contributed by atoms with van der Waals surface area (Å²) in [6, 6.07) is 5.26. The van der Waals surface area contributed by atoms with Crippen molar-refractivity contribution >= 4 is 65.7 Å². The van der Waals surface area contributed by atoms with Crippen molar-refractivity contribution in [2.75, 3.05) is 7.11 Å². The molecule has 0 unspecified atom stereocenters. The first kappa shape index (κ1) is 16.7. The van der Waals surface area contributed by atoms with Crippen LogP contribution in [0.2, 0.25) is 0 Å². The average molecular weight is 457 g/mol. The predicted molar refractivity (Wildman–Crippen MR) is 87.7 cm³/mol. The highest BCUT2D eigenvalue weighted by Gasteiger charge is 2.19. The van der Waals surface area contributed by atoms with Gasteiger partial charge in [-0.2, -0.15) is 0 Å². The van der Waals surface area contributed by atoms with Gasteiger partial charge < -0.3 is 15.5 Å². The second kappa shape index (κ2) is 6.88. The molecule has 0 saturated heterocycles. The molecule has 0 aliphatic heterocycles. The lowest BCUT2D eigenvalue weighted by molar-refractivity contribution is -0.142. The molecule has 3 N–H and O–H groups in total. The fraction of sp³-hybridized carbons (Fsp3) is 0.250. The van der Waals surface area contributed by atoms with Gasteiger partial charge in [0.15, 0.2) is 0 Å². The number of carbonyl (C=O) groups excluding carboxylic acids is 1. The molecule has 0 aliphatic rings. The molecule has 1 heterocycles. The summed E-state index contributed by atoms with van der Waals surface area (Å²) in [6.45, 7) is 0. The molecule has 2 aromatic rings. The van der Waals surface area contributed by atoms with Crippen LogP contribution < -0.4 is 5.73 Å². The normalized spacial score (nSPS) is 12.0. The molecule has 104 valence electrons. The third-order valence-corrected chi connectivity index (χ3v) is 3.91. The predicted octanol–water partition coefficient (Wildman–Crippen LogP) is 3.31. The number of aromatic amines is 1. The monoisotopic (exact) mass is 454 g/mol. The van der Waals surface area contributed by atoms with E-state index in [9.17, 15) is 4.79 Å². The number of halogens is 3. The lowest BCUT2D eigenvalue weighted by Crippen LogP contribution is -2.33. The summed E-state index contributed by atoms with van der Waals surface area (Å²) in [5.74, 6) is -0.409. The number of esters is 1. The number of fused-ring (bicyclic) bond motifs is 1. The van der Waals surface area contributed by atoms with Gasteiger partial charge in [0.25, 0.3) is 0 Å². The lowest BCUT2D eigenvalue weighted by atomic mass is 10.1. The van der Waals surface area contributed by atoms with Crippen molar-refractivity contribution in [3.8, 4) is 0 Å². The Morgan fingerprint density at radius 3 is 2.79 bits per heavy atom. The minimum absolute atomic E-state index is 0. The van der Waals surface area contributed by atoms with E-state index in [-0.39, 0.29) is 17.0 Å². The third kappa shape index (κ3) is 3.59. The topological polar surface area (TPSA) is 68.1 Å². The van der Waals surface area contributed by atoms with Crippen molar-refractivity contribution in [1.29, 1.82) is 0 Å². The molecule has 2 rings (SSSR count). The molecular formula is C12H13Br3N2O2. The van der Waals surface area contributed by atoms with Gasteiger partial charge in [-0.1, -0.05) is 22.0 Å². The Balaban J connectivity index is 0.00000180. The van der Waals surface area contributed by atoms with Crippen molar-refractivity contribution < 1.29 is 9.53 Å². The summed E-state index contributed by atoms with van der Waals surface area (Å²) in [7, 11) is 1.34. The summed E-state index contributed by atoms with van der Waals surface area (Å²) in [5, 5.41) is 1.05. The summed E-state index contributed by atoms with van der Waals surface area (Å²) in [4.78, 5) is 14.6. The maximum atomic E-state index is 11.4.